The Balaban J connectivity index is 1.97. The molecule has 86 valence electrons. The molecule has 3 unspecified atom stereocenters. The number of likely N-dealkylation sites (tertiary alicyclic amines) is 2. The number of hydrogen-bond acceptors (Lipinski definition) is 3. The molecule has 1 N–H and O–H groups in total. The van der Waals surface area contributed by atoms with E-state index in [9.17, 15) is 9.90 Å². The Hall–Kier alpha value is -0.610. The zero-order valence-corrected chi connectivity index (χ0v) is 9.52. The van der Waals surface area contributed by atoms with Crippen molar-refractivity contribution in [2.75, 3.05) is 26.7 Å². The number of likely N-dealkylation sites (N-methyl/N-ethyl adjacent to an activating group) is 1. The summed E-state index contributed by atoms with van der Waals surface area (Å²) < 4.78 is 0. The minimum Gasteiger partial charge on any atom is -0.393 e. The summed E-state index contributed by atoms with van der Waals surface area (Å²) in [6.07, 6.45) is 1.56. The molecule has 0 aromatic heterocycles. The second-order valence-electron chi connectivity index (χ2n) is 4.89. The van der Waals surface area contributed by atoms with E-state index in [0.717, 1.165) is 32.5 Å². The molecule has 0 aromatic rings. The van der Waals surface area contributed by atoms with Gasteiger partial charge in [0.15, 0.2) is 0 Å². The summed E-state index contributed by atoms with van der Waals surface area (Å²) in [6.45, 7) is 4.64. The molecule has 0 bridgehead atoms. The lowest BCUT2D eigenvalue weighted by Gasteiger charge is -2.37. The van der Waals surface area contributed by atoms with E-state index in [1.165, 1.54) is 0 Å². The average molecular weight is 212 g/mol. The first kappa shape index (κ1) is 10.9. The maximum Gasteiger partial charge on any atom is 0.239 e. The third kappa shape index (κ3) is 2.01. The van der Waals surface area contributed by atoms with Gasteiger partial charge in [-0.05, 0) is 18.8 Å². The van der Waals surface area contributed by atoms with Crippen LogP contribution in [0.3, 0.4) is 0 Å². The van der Waals surface area contributed by atoms with Crippen molar-refractivity contribution in [1.82, 2.24) is 9.80 Å². The molecule has 0 spiro atoms. The minimum atomic E-state index is -0.185. The van der Waals surface area contributed by atoms with Crippen LogP contribution in [0.4, 0.5) is 0 Å². The predicted molar refractivity (Wildman–Crippen MR) is 57.4 cm³/mol. The van der Waals surface area contributed by atoms with Gasteiger partial charge in [0.1, 0.15) is 0 Å². The number of aliphatic hydroxyl groups excluding tert-OH is 1. The summed E-state index contributed by atoms with van der Waals surface area (Å²) in [4.78, 5) is 15.9. The van der Waals surface area contributed by atoms with Crippen molar-refractivity contribution in [3.8, 4) is 0 Å². The van der Waals surface area contributed by atoms with Crippen molar-refractivity contribution < 1.29 is 9.90 Å². The van der Waals surface area contributed by atoms with Gasteiger partial charge < -0.3 is 10.0 Å². The fourth-order valence-electron chi connectivity index (χ4n) is 2.59. The number of carbonyl (C=O) groups is 1. The summed E-state index contributed by atoms with van der Waals surface area (Å²) in [6, 6.07) is 0.0740. The van der Waals surface area contributed by atoms with Gasteiger partial charge in [-0.25, -0.2) is 0 Å². The van der Waals surface area contributed by atoms with Crippen molar-refractivity contribution in [2.45, 2.75) is 31.9 Å². The lowest BCUT2D eigenvalue weighted by atomic mass is 9.95. The molecular weight excluding hydrogens is 192 g/mol. The molecule has 4 heteroatoms. The molecule has 0 aliphatic carbocycles. The van der Waals surface area contributed by atoms with Crippen LogP contribution in [-0.2, 0) is 4.79 Å². The summed E-state index contributed by atoms with van der Waals surface area (Å²) >= 11 is 0. The van der Waals surface area contributed by atoms with Crippen molar-refractivity contribution in [1.29, 1.82) is 0 Å². The third-order valence-corrected chi connectivity index (χ3v) is 3.73. The van der Waals surface area contributed by atoms with Gasteiger partial charge in [-0.15, -0.1) is 0 Å². The number of carbonyl (C=O) groups excluding carboxylic acids is 1. The monoisotopic (exact) mass is 212 g/mol. The van der Waals surface area contributed by atoms with E-state index in [0.29, 0.717) is 0 Å². The van der Waals surface area contributed by atoms with Gasteiger partial charge in [0.05, 0.1) is 12.1 Å². The molecule has 0 aromatic carbocycles. The Bertz CT molecular complexity index is 257. The van der Waals surface area contributed by atoms with E-state index in [1.807, 2.05) is 7.05 Å². The first-order valence-corrected chi connectivity index (χ1v) is 5.76. The number of piperidine rings is 1. The number of nitrogens with zero attached hydrogens (tertiary/aromatic N) is 2. The highest BCUT2D eigenvalue weighted by Crippen LogP contribution is 2.23. The van der Waals surface area contributed by atoms with Gasteiger partial charge in [0, 0.05) is 26.7 Å². The molecule has 3 atom stereocenters. The van der Waals surface area contributed by atoms with Crippen LogP contribution in [0.15, 0.2) is 0 Å². The standard InChI is InChI=1S/C11H20N2O2/c1-8-7-13(6-4-10(8)14)9-3-5-12(2)11(9)15/h8-10,14H,3-7H2,1-2H3. The molecule has 2 aliphatic heterocycles. The molecule has 15 heavy (non-hydrogen) atoms. The highest BCUT2D eigenvalue weighted by Gasteiger charge is 2.37. The first-order valence-electron chi connectivity index (χ1n) is 5.76. The van der Waals surface area contributed by atoms with E-state index in [1.54, 1.807) is 4.90 Å². The Morgan fingerprint density at radius 2 is 2.07 bits per heavy atom. The normalized spacial score (nSPS) is 38.7. The minimum absolute atomic E-state index is 0.0740. The number of aliphatic hydroxyl groups is 1. The molecule has 2 rings (SSSR count). The molecule has 2 fully saturated rings. The van der Waals surface area contributed by atoms with E-state index in [-0.39, 0.29) is 24.0 Å². The zero-order valence-electron chi connectivity index (χ0n) is 9.52. The van der Waals surface area contributed by atoms with Crippen molar-refractivity contribution >= 4 is 5.91 Å². The van der Waals surface area contributed by atoms with Gasteiger partial charge in [0.25, 0.3) is 0 Å². The SMILES string of the molecule is CC1CN(C2CCN(C)C2=O)CCC1O. The second kappa shape index (κ2) is 4.10. The van der Waals surface area contributed by atoms with Crippen LogP contribution in [0.5, 0.6) is 0 Å². The molecule has 1 amide bonds. The van der Waals surface area contributed by atoms with Crippen molar-refractivity contribution in [2.24, 2.45) is 5.92 Å². The van der Waals surface area contributed by atoms with Crippen LogP contribution >= 0.6 is 0 Å². The van der Waals surface area contributed by atoms with Gasteiger partial charge >= 0.3 is 0 Å². The fourth-order valence-corrected chi connectivity index (χ4v) is 2.59. The topological polar surface area (TPSA) is 43.8 Å². The molecule has 4 nitrogen and oxygen atoms in total. The summed E-state index contributed by atoms with van der Waals surface area (Å²) in [5.41, 5.74) is 0. The third-order valence-electron chi connectivity index (χ3n) is 3.73. The van der Waals surface area contributed by atoms with Crippen LogP contribution in [0.1, 0.15) is 19.8 Å². The maximum atomic E-state index is 11.8. The van der Waals surface area contributed by atoms with Crippen LogP contribution < -0.4 is 0 Å². The molecule has 2 saturated heterocycles. The molecule has 2 heterocycles. The number of amides is 1. The van der Waals surface area contributed by atoms with E-state index in [2.05, 4.69) is 11.8 Å². The molecule has 2 aliphatic rings. The Kier molecular flexibility index (Phi) is 2.98. The number of hydrogen-bond donors (Lipinski definition) is 1. The van der Waals surface area contributed by atoms with Crippen molar-refractivity contribution in [3.63, 3.8) is 0 Å². The predicted octanol–water partition coefficient (Wildman–Crippen LogP) is -0.0802. The molecule has 0 radical (unpaired) electrons. The summed E-state index contributed by atoms with van der Waals surface area (Å²) in [5.74, 6) is 0.538. The highest BCUT2D eigenvalue weighted by atomic mass is 16.3. The van der Waals surface area contributed by atoms with Crippen molar-refractivity contribution in [3.05, 3.63) is 0 Å². The lowest BCUT2D eigenvalue weighted by Crippen LogP contribution is -2.49. The summed E-state index contributed by atoms with van der Waals surface area (Å²) in [5, 5.41) is 9.63. The Labute approximate surface area is 90.9 Å². The maximum absolute atomic E-state index is 11.8. The van der Waals surface area contributed by atoms with Crippen LogP contribution in [-0.4, -0.2) is 59.6 Å². The van der Waals surface area contributed by atoms with Gasteiger partial charge in [0.2, 0.25) is 5.91 Å². The highest BCUT2D eigenvalue weighted by molar-refractivity contribution is 5.83. The average Bonchev–Trinajstić information content (AvgIpc) is 2.53. The first-order chi connectivity index (χ1) is 7.09. The fraction of sp³-hybridized carbons (Fsp3) is 0.909. The Morgan fingerprint density at radius 1 is 1.33 bits per heavy atom. The molecule has 0 saturated carbocycles. The summed E-state index contributed by atoms with van der Waals surface area (Å²) in [7, 11) is 1.87. The van der Waals surface area contributed by atoms with E-state index >= 15 is 0 Å². The van der Waals surface area contributed by atoms with Gasteiger partial charge in [-0.2, -0.15) is 0 Å². The van der Waals surface area contributed by atoms with Gasteiger partial charge in [-0.1, -0.05) is 6.92 Å². The largest absolute Gasteiger partial charge is 0.393 e. The van der Waals surface area contributed by atoms with Crippen LogP contribution in [0.2, 0.25) is 0 Å². The van der Waals surface area contributed by atoms with Gasteiger partial charge in [-0.3, -0.25) is 9.69 Å². The van der Waals surface area contributed by atoms with E-state index in [4.69, 9.17) is 0 Å². The Morgan fingerprint density at radius 3 is 2.60 bits per heavy atom. The zero-order chi connectivity index (χ0) is 11.0. The van der Waals surface area contributed by atoms with Crippen LogP contribution in [0, 0.1) is 5.92 Å². The molecular formula is C11H20N2O2. The quantitative estimate of drug-likeness (QED) is 0.661. The lowest BCUT2D eigenvalue weighted by molar-refractivity contribution is -0.132. The van der Waals surface area contributed by atoms with Crippen LogP contribution in [0.25, 0.3) is 0 Å². The van der Waals surface area contributed by atoms with E-state index < -0.39 is 0 Å². The smallest absolute Gasteiger partial charge is 0.239 e. The second-order valence-corrected chi connectivity index (χ2v) is 4.89. The number of rotatable bonds is 1.